The van der Waals surface area contributed by atoms with E-state index >= 15 is 0 Å². The van der Waals surface area contributed by atoms with Gasteiger partial charge >= 0.3 is 0 Å². The van der Waals surface area contributed by atoms with E-state index in [1.54, 1.807) is 0 Å². The molecule has 1 atom stereocenters. The summed E-state index contributed by atoms with van der Waals surface area (Å²) < 4.78 is 10.7. The normalized spacial score (nSPS) is 12.5. The van der Waals surface area contributed by atoms with Gasteiger partial charge in [-0.1, -0.05) is 5.16 Å². The molecule has 2 rings (SSSR count). The van der Waals surface area contributed by atoms with Crippen LogP contribution in [0.1, 0.15) is 36.9 Å². The number of benzene rings is 1. The Kier molecular flexibility index (Phi) is 3.85. The number of nitrogens with zero attached hydrogens (tertiary/aromatic N) is 2. The maximum atomic E-state index is 5.71. The summed E-state index contributed by atoms with van der Waals surface area (Å²) in [4.78, 5) is 4.29. The second-order valence-electron chi connectivity index (χ2n) is 4.62. The van der Waals surface area contributed by atoms with E-state index in [1.165, 1.54) is 0 Å². The van der Waals surface area contributed by atoms with E-state index in [0.717, 1.165) is 22.4 Å². The van der Waals surface area contributed by atoms with Gasteiger partial charge in [0.2, 0.25) is 11.7 Å². The molecule has 102 valence electrons. The fraction of sp³-hybridized carbons (Fsp3) is 0.429. The fourth-order valence-corrected chi connectivity index (χ4v) is 1.99. The highest BCUT2D eigenvalue weighted by molar-refractivity contribution is 5.61. The molecule has 0 radical (unpaired) electrons. The predicted octanol–water partition coefficient (Wildman–Crippen LogP) is 2.77. The van der Waals surface area contributed by atoms with Crippen molar-refractivity contribution in [2.75, 3.05) is 6.61 Å². The molecule has 5 nitrogen and oxygen atoms in total. The van der Waals surface area contributed by atoms with Crippen molar-refractivity contribution in [2.45, 2.75) is 33.7 Å². The first-order valence-corrected chi connectivity index (χ1v) is 6.36. The van der Waals surface area contributed by atoms with Crippen LogP contribution in [0.2, 0.25) is 0 Å². The van der Waals surface area contributed by atoms with Crippen LogP contribution in [0, 0.1) is 13.8 Å². The molecular weight excluding hydrogens is 242 g/mol. The van der Waals surface area contributed by atoms with Gasteiger partial charge in [-0.15, -0.1) is 0 Å². The van der Waals surface area contributed by atoms with Crippen LogP contribution in [-0.2, 0) is 0 Å². The summed E-state index contributed by atoms with van der Waals surface area (Å²) >= 11 is 0. The molecule has 0 unspecified atom stereocenters. The monoisotopic (exact) mass is 261 g/mol. The van der Waals surface area contributed by atoms with Crippen LogP contribution in [0.3, 0.4) is 0 Å². The zero-order valence-corrected chi connectivity index (χ0v) is 11.7. The van der Waals surface area contributed by atoms with Gasteiger partial charge < -0.3 is 15.0 Å². The van der Waals surface area contributed by atoms with E-state index in [9.17, 15) is 0 Å². The molecular formula is C14H19N3O2. The average Bonchev–Trinajstić information content (AvgIpc) is 2.83. The van der Waals surface area contributed by atoms with Crippen molar-refractivity contribution in [2.24, 2.45) is 5.73 Å². The van der Waals surface area contributed by atoms with Crippen molar-refractivity contribution in [3.05, 3.63) is 29.2 Å². The van der Waals surface area contributed by atoms with Gasteiger partial charge in [-0.25, -0.2) is 0 Å². The lowest BCUT2D eigenvalue weighted by Crippen LogP contribution is -2.04. The van der Waals surface area contributed by atoms with E-state index < -0.39 is 0 Å². The Morgan fingerprint density at radius 3 is 2.42 bits per heavy atom. The van der Waals surface area contributed by atoms with Crippen molar-refractivity contribution >= 4 is 0 Å². The molecule has 0 aliphatic rings. The first-order chi connectivity index (χ1) is 9.02. The first kappa shape index (κ1) is 13.5. The molecule has 2 N–H and O–H groups in total. The van der Waals surface area contributed by atoms with Crippen LogP contribution in [0.4, 0.5) is 0 Å². The van der Waals surface area contributed by atoms with Gasteiger partial charge in [0.25, 0.3) is 0 Å². The third-order valence-electron chi connectivity index (χ3n) is 2.84. The van der Waals surface area contributed by atoms with E-state index in [4.69, 9.17) is 15.0 Å². The van der Waals surface area contributed by atoms with Gasteiger partial charge in [0.15, 0.2) is 0 Å². The summed E-state index contributed by atoms with van der Waals surface area (Å²) in [7, 11) is 0. The first-order valence-electron chi connectivity index (χ1n) is 6.36. The lowest BCUT2D eigenvalue weighted by molar-refractivity contribution is 0.335. The van der Waals surface area contributed by atoms with Crippen molar-refractivity contribution in [1.82, 2.24) is 10.1 Å². The van der Waals surface area contributed by atoms with Gasteiger partial charge in [0.1, 0.15) is 5.75 Å². The van der Waals surface area contributed by atoms with Crippen LogP contribution >= 0.6 is 0 Å². The number of rotatable bonds is 4. The van der Waals surface area contributed by atoms with Crippen molar-refractivity contribution in [3.63, 3.8) is 0 Å². The topological polar surface area (TPSA) is 74.2 Å². The molecule has 0 saturated carbocycles. The SMILES string of the molecule is CCOc1c(C)cc(-c2noc([C@@H](C)N)n2)cc1C. The molecule has 0 bridgehead atoms. The van der Waals surface area contributed by atoms with E-state index in [2.05, 4.69) is 10.1 Å². The Bertz CT molecular complexity index is 553. The van der Waals surface area contributed by atoms with Crippen LogP contribution in [-0.4, -0.2) is 16.7 Å². The third kappa shape index (κ3) is 2.76. The fourth-order valence-electron chi connectivity index (χ4n) is 1.99. The van der Waals surface area contributed by atoms with Crippen molar-refractivity contribution < 1.29 is 9.26 Å². The minimum atomic E-state index is -0.258. The molecule has 0 aliphatic heterocycles. The molecule has 0 aliphatic carbocycles. The number of nitrogens with two attached hydrogens (primary N) is 1. The zero-order valence-electron chi connectivity index (χ0n) is 11.7. The van der Waals surface area contributed by atoms with Crippen molar-refractivity contribution in [3.8, 4) is 17.1 Å². The molecule has 5 heteroatoms. The standard InChI is InChI=1S/C14H19N3O2/c1-5-18-12-8(2)6-11(7-9(12)3)13-16-14(10(4)15)19-17-13/h6-7,10H,5,15H2,1-4H3/t10-/m1/s1. The Hall–Kier alpha value is -1.88. The molecule has 1 heterocycles. The zero-order chi connectivity index (χ0) is 14.0. The maximum absolute atomic E-state index is 5.71. The molecule has 0 saturated heterocycles. The summed E-state index contributed by atoms with van der Waals surface area (Å²) in [5.41, 5.74) is 8.74. The molecule has 2 aromatic rings. The Morgan fingerprint density at radius 2 is 1.95 bits per heavy atom. The number of aryl methyl sites for hydroxylation is 2. The van der Waals surface area contributed by atoms with E-state index in [1.807, 2.05) is 39.8 Å². The number of ether oxygens (including phenoxy) is 1. The molecule has 0 spiro atoms. The summed E-state index contributed by atoms with van der Waals surface area (Å²) in [6.07, 6.45) is 0. The quantitative estimate of drug-likeness (QED) is 0.916. The van der Waals surface area contributed by atoms with E-state index in [-0.39, 0.29) is 6.04 Å². The van der Waals surface area contributed by atoms with Gasteiger partial charge in [0.05, 0.1) is 12.6 Å². The minimum absolute atomic E-state index is 0.258. The highest BCUT2D eigenvalue weighted by Gasteiger charge is 2.14. The molecule has 1 aromatic heterocycles. The van der Waals surface area contributed by atoms with Gasteiger partial charge in [-0.2, -0.15) is 4.98 Å². The van der Waals surface area contributed by atoms with Crippen LogP contribution in [0.15, 0.2) is 16.7 Å². The largest absolute Gasteiger partial charge is 0.493 e. The number of aromatic nitrogens is 2. The summed E-state index contributed by atoms with van der Waals surface area (Å²) in [5.74, 6) is 1.92. The third-order valence-corrected chi connectivity index (χ3v) is 2.84. The lowest BCUT2D eigenvalue weighted by Gasteiger charge is -2.11. The lowest BCUT2D eigenvalue weighted by atomic mass is 10.1. The van der Waals surface area contributed by atoms with Gasteiger partial charge in [0, 0.05) is 5.56 Å². The van der Waals surface area contributed by atoms with Crippen LogP contribution < -0.4 is 10.5 Å². The Balaban J connectivity index is 2.40. The van der Waals surface area contributed by atoms with E-state index in [0.29, 0.717) is 18.3 Å². The minimum Gasteiger partial charge on any atom is -0.493 e. The Labute approximate surface area is 112 Å². The smallest absolute Gasteiger partial charge is 0.243 e. The average molecular weight is 261 g/mol. The summed E-state index contributed by atoms with van der Waals surface area (Å²) in [6.45, 7) is 8.45. The number of hydrogen-bond donors (Lipinski definition) is 1. The van der Waals surface area contributed by atoms with Crippen LogP contribution in [0.25, 0.3) is 11.4 Å². The maximum Gasteiger partial charge on any atom is 0.243 e. The molecule has 0 fully saturated rings. The second kappa shape index (κ2) is 5.40. The van der Waals surface area contributed by atoms with Gasteiger partial charge in [-0.05, 0) is 51.0 Å². The number of hydrogen-bond acceptors (Lipinski definition) is 5. The summed E-state index contributed by atoms with van der Waals surface area (Å²) in [6, 6.07) is 3.73. The van der Waals surface area contributed by atoms with Gasteiger partial charge in [-0.3, -0.25) is 0 Å². The predicted molar refractivity (Wildman–Crippen MR) is 73.0 cm³/mol. The Morgan fingerprint density at radius 1 is 1.32 bits per heavy atom. The molecule has 1 aromatic carbocycles. The molecule has 0 amide bonds. The van der Waals surface area contributed by atoms with Crippen molar-refractivity contribution in [1.29, 1.82) is 0 Å². The summed E-state index contributed by atoms with van der Waals surface area (Å²) in [5, 5.41) is 3.96. The molecule has 19 heavy (non-hydrogen) atoms. The highest BCUT2D eigenvalue weighted by atomic mass is 16.5. The van der Waals surface area contributed by atoms with Crippen LogP contribution in [0.5, 0.6) is 5.75 Å². The highest BCUT2D eigenvalue weighted by Crippen LogP contribution is 2.29. The second-order valence-corrected chi connectivity index (χ2v) is 4.62.